The van der Waals surface area contributed by atoms with Crippen LogP contribution in [0.4, 0.5) is 0 Å². The summed E-state index contributed by atoms with van der Waals surface area (Å²) in [5, 5.41) is 8.84. The molecule has 0 aromatic heterocycles. The van der Waals surface area contributed by atoms with Gasteiger partial charge in [-0.15, -0.1) is 0 Å². The van der Waals surface area contributed by atoms with Gasteiger partial charge in [0.25, 0.3) is 0 Å². The molecule has 1 N–H and O–H groups in total. The van der Waals surface area contributed by atoms with Crippen molar-refractivity contribution in [3.05, 3.63) is 60.2 Å². The summed E-state index contributed by atoms with van der Waals surface area (Å²) in [5.41, 5.74) is 3.70. The van der Waals surface area contributed by atoms with E-state index in [2.05, 4.69) is 36.4 Å². The fourth-order valence-electron chi connectivity index (χ4n) is 2.23. The van der Waals surface area contributed by atoms with Crippen LogP contribution in [-0.4, -0.2) is 11.1 Å². The summed E-state index contributed by atoms with van der Waals surface area (Å²) in [7, 11) is 0. The van der Waals surface area contributed by atoms with Gasteiger partial charge >= 0.3 is 5.97 Å². The van der Waals surface area contributed by atoms with Crippen LogP contribution in [0.5, 0.6) is 0 Å². The molecule has 1 atom stereocenters. The van der Waals surface area contributed by atoms with Gasteiger partial charge < -0.3 is 5.11 Å². The number of hydrogen-bond acceptors (Lipinski definition) is 1. The average molecular weight is 268 g/mol. The molecule has 0 aliphatic carbocycles. The van der Waals surface area contributed by atoms with Crippen molar-refractivity contribution in [2.24, 2.45) is 5.92 Å². The van der Waals surface area contributed by atoms with Crippen molar-refractivity contribution in [2.45, 2.75) is 26.2 Å². The van der Waals surface area contributed by atoms with E-state index < -0.39 is 5.97 Å². The standard InChI is InChI=1S/C18H20O2/c1-14(18(19)20)6-5-7-15-10-12-17(13-11-15)16-8-3-2-4-9-16/h2-4,8-14H,5-7H2,1H3,(H,19,20). The van der Waals surface area contributed by atoms with Crippen LogP contribution in [0.2, 0.25) is 0 Å². The van der Waals surface area contributed by atoms with E-state index >= 15 is 0 Å². The Morgan fingerprint density at radius 3 is 2.20 bits per heavy atom. The maximum absolute atomic E-state index is 10.7. The number of carbonyl (C=O) groups is 1. The third-order valence-electron chi connectivity index (χ3n) is 3.59. The van der Waals surface area contributed by atoms with Crippen LogP contribution in [0.25, 0.3) is 11.1 Å². The highest BCUT2D eigenvalue weighted by molar-refractivity contribution is 5.69. The number of aliphatic carboxylic acids is 1. The largest absolute Gasteiger partial charge is 0.481 e. The lowest BCUT2D eigenvalue weighted by Crippen LogP contribution is -2.09. The summed E-state index contributed by atoms with van der Waals surface area (Å²) in [6.45, 7) is 1.76. The topological polar surface area (TPSA) is 37.3 Å². The SMILES string of the molecule is CC(CCCc1ccc(-c2ccccc2)cc1)C(=O)O. The Balaban J connectivity index is 1.91. The Labute approximate surface area is 120 Å². The first-order valence-corrected chi connectivity index (χ1v) is 7.04. The van der Waals surface area contributed by atoms with Crippen molar-refractivity contribution in [3.63, 3.8) is 0 Å². The molecule has 0 fully saturated rings. The molecule has 2 rings (SSSR count). The first-order chi connectivity index (χ1) is 9.66. The summed E-state index contributed by atoms with van der Waals surface area (Å²) in [6, 6.07) is 18.8. The van der Waals surface area contributed by atoms with Gasteiger partial charge in [0, 0.05) is 0 Å². The lowest BCUT2D eigenvalue weighted by atomic mass is 9.99. The first kappa shape index (κ1) is 14.3. The van der Waals surface area contributed by atoms with Gasteiger partial charge in [-0.2, -0.15) is 0 Å². The Morgan fingerprint density at radius 2 is 1.60 bits per heavy atom. The van der Waals surface area contributed by atoms with E-state index in [-0.39, 0.29) is 5.92 Å². The molecule has 0 heterocycles. The smallest absolute Gasteiger partial charge is 0.306 e. The summed E-state index contributed by atoms with van der Waals surface area (Å²) < 4.78 is 0. The zero-order chi connectivity index (χ0) is 14.4. The predicted octanol–water partition coefficient (Wildman–Crippen LogP) is 4.40. The molecule has 0 bridgehead atoms. The Bertz CT molecular complexity index is 543. The lowest BCUT2D eigenvalue weighted by molar-refractivity contribution is -0.141. The molecular formula is C18H20O2. The number of benzene rings is 2. The molecule has 0 aliphatic heterocycles. The molecule has 2 aromatic rings. The quantitative estimate of drug-likeness (QED) is 0.843. The number of carboxylic acid groups (broad SMARTS) is 1. The van der Waals surface area contributed by atoms with E-state index in [0.717, 1.165) is 19.3 Å². The van der Waals surface area contributed by atoms with E-state index in [1.807, 2.05) is 18.2 Å². The monoisotopic (exact) mass is 268 g/mol. The van der Waals surface area contributed by atoms with E-state index in [9.17, 15) is 4.79 Å². The Kier molecular flexibility index (Phi) is 4.94. The normalized spacial score (nSPS) is 12.1. The maximum Gasteiger partial charge on any atom is 0.306 e. The van der Waals surface area contributed by atoms with E-state index in [4.69, 9.17) is 5.11 Å². The molecule has 2 nitrogen and oxygen atoms in total. The molecule has 1 unspecified atom stereocenters. The molecule has 2 heteroatoms. The van der Waals surface area contributed by atoms with Gasteiger partial charge in [0.1, 0.15) is 0 Å². The van der Waals surface area contributed by atoms with E-state index in [0.29, 0.717) is 0 Å². The van der Waals surface area contributed by atoms with E-state index in [1.54, 1.807) is 6.92 Å². The van der Waals surface area contributed by atoms with Gasteiger partial charge in [-0.3, -0.25) is 4.79 Å². The molecule has 0 saturated carbocycles. The van der Waals surface area contributed by atoms with E-state index in [1.165, 1.54) is 16.7 Å². The molecule has 0 radical (unpaired) electrons. The van der Waals surface area contributed by atoms with Crippen LogP contribution in [0.1, 0.15) is 25.3 Å². The van der Waals surface area contributed by atoms with Gasteiger partial charge in [0.2, 0.25) is 0 Å². The second-order valence-electron chi connectivity index (χ2n) is 5.19. The lowest BCUT2D eigenvalue weighted by Gasteiger charge is -2.07. The molecule has 0 amide bonds. The molecule has 2 aromatic carbocycles. The number of aryl methyl sites for hydroxylation is 1. The van der Waals surface area contributed by atoms with Gasteiger partial charge in [0.05, 0.1) is 5.92 Å². The second kappa shape index (κ2) is 6.90. The highest BCUT2D eigenvalue weighted by Gasteiger charge is 2.09. The van der Waals surface area contributed by atoms with Crippen LogP contribution in [0.15, 0.2) is 54.6 Å². The Morgan fingerprint density at radius 1 is 1.00 bits per heavy atom. The van der Waals surface area contributed by atoms with Gasteiger partial charge in [-0.1, -0.05) is 61.5 Å². The fraction of sp³-hybridized carbons (Fsp3) is 0.278. The predicted molar refractivity (Wildman–Crippen MR) is 81.6 cm³/mol. The third kappa shape index (κ3) is 3.95. The van der Waals surface area contributed by atoms with Crippen LogP contribution in [0, 0.1) is 5.92 Å². The molecule has 104 valence electrons. The van der Waals surface area contributed by atoms with Crippen LogP contribution in [-0.2, 0) is 11.2 Å². The highest BCUT2D eigenvalue weighted by Crippen LogP contribution is 2.20. The highest BCUT2D eigenvalue weighted by atomic mass is 16.4. The van der Waals surface area contributed by atoms with Gasteiger partial charge in [-0.25, -0.2) is 0 Å². The Hall–Kier alpha value is -2.09. The van der Waals surface area contributed by atoms with Crippen molar-refractivity contribution in [2.75, 3.05) is 0 Å². The van der Waals surface area contributed by atoms with Crippen LogP contribution < -0.4 is 0 Å². The van der Waals surface area contributed by atoms with Gasteiger partial charge in [0.15, 0.2) is 0 Å². The minimum Gasteiger partial charge on any atom is -0.481 e. The first-order valence-electron chi connectivity index (χ1n) is 7.04. The van der Waals surface area contributed by atoms with Crippen molar-refractivity contribution in [1.82, 2.24) is 0 Å². The number of carboxylic acids is 1. The average Bonchev–Trinajstić information content (AvgIpc) is 2.48. The number of hydrogen-bond donors (Lipinski definition) is 1. The summed E-state index contributed by atoms with van der Waals surface area (Å²) in [5.74, 6) is -0.956. The maximum atomic E-state index is 10.7. The van der Waals surface area contributed by atoms with Crippen molar-refractivity contribution < 1.29 is 9.90 Å². The zero-order valence-corrected chi connectivity index (χ0v) is 11.8. The minimum absolute atomic E-state index is 0.251. The second-order valence-corrected chi connectivity index (χ2v) is 5.19. The minimum atomic E-state index is -0.704. The number of rotatable bonds is 6. The molecule has 0 aliphatic rings. The third-order valence-corrected chi connectivity index (χ3v) is 3.59. The summed E-state index contributed by atoms with van der Waals surface area (Å²) >= 11 is 0. The molecule has 20 heavy (non-hydrogen) atoms. The van der Waals surface area contributed by atoms with Crippen molar-refractivity contribution >= 4 is 5.97 Å². The van der Waals surface area contributed by atoms with Crippen LogP contribution in [0.3, 0.4) is 0 Å². The molecular weight excluding hydrogens is 248 g/mol. The van der Waals surface area contributed by atoms with Crippen molar-refractivity contribution in [3.8, 4) is 11.1 Å². The molecule has 0 spiro atoms. The van der Waals surface area contributed by atoms with Gasteiger partial charge in [-0.05, 0) is 36.0 Å². The molecule has 0 saturated heterocycles. The van der Waals surface area contributed by atoms with Crippen LogP contribution >= 0.6 is 0 Å². The summed E-state index contributed by atoms with van der Waals surface area (Å²) in [4.78, 5) is 10.7. The summed E-state index contributed by atoms with van der Waals surface area (Å²) in [6.07, 6.45) is 2.58. The van der Waals surface area contributed by atoms with Crippen molar-refractivity contribution in [1.29, 1.82) is 0 Å². The zero-order valence-electron chi connectivity index (χ0n) is 11.8. The fourth-order valence-corrected chi connectivity index (χ4v) is 2.23.